The number of carbonyl (C=O) groups excluding carboxylic acids is 1. The average Bonchev–Trinajstić information content (AvgIpc) is 3.29. The molecular weight excluding hydrogens is 565 g/mol. The van der Waals surface area contributed by atoms with E-state index in [2.05, 4.69) is 5.32 Å². The minimum Gasteiger partial charge on any atom is -0.457 e. The molecule has 1 unspecified atom stereocenters. The molecule has 1 saturated heterocycles. The van der Waals surface area contributed by atoms with Crippen LogP contribution in [-0.2, 0) is 20.9 Å². The molecule has 1 heterocycles. The van der Waals surface area contributed by atoms with Crippen molar-refractivity contribution < 1.29 is 31.1 Å². The molecule has 11 heteroatoms. The van der Waals surface area contributed by atoms with Crippen LogP contribution in [0.3, 0.4) is 0 Å². The van der Waals surface area contributed by atoms with Gasteiger partial charge < -0.3 is 10.1 Å². The van der Waals surface area contributed by atoms with E-state index in [0.717, 1.165) is 28.7 Å². The summed E-state index contributed by atoms with van der Waals surface area (Å²) in [5.41, 5.74) is -0.301. The predicted octanol–water partition coefficient (Wildman–Crippen LogP) is 7.32. The van der Waals surface area contributed by atoms with Crippen LogP contribution in [0.1, 0.15) is 16.7 Å². The second-order valence-corrected chi connectivity index (χ2v) is 11.8. The molecule has 1 N–H and O–H groups in total. The highest BCUT2D eigenvalue weighted by atomic mass is 35.5. The van der Waals surface area contributed by atoms with E-state index in [1.165, 1.54) is 42.5 Å². The molecule has 5 rings (SSSR count). The van der Waals surface area contributed by atoms with Crippen LogP contribution >= 0.6 is 11.6 Å². The molecule has 4 aromatic carbocycles. The summed E-state index contributed by atoms with van der Waals surface area (Å²) >= 11 is 5.91. The lowest BCUT2D eigenvalue weighted by atomic mass is 10.0. The Morgan fingerprint density at radius 3 is 2.10 bits per heavy atom. The number of sulfone groups is 1. The van der Waals surface area contributed by atoms with Crippen molar-refractivity contribution in [3.63, 3.8) is 0 Å². The Morgan fingerprint density at radius 1 is 0.900 bits per heavy atom. The number of carbonyl (C=O) groups is 1. The minimum absolute atomic E-state index is 0.139. The zero-order chi connectivity index (χ0) is 28.7. The van der Waals surface area contributed by atoms with Crippen LogP contribution in [0.25, 0.3) is 0 Å². The number of urea groups is 1. The molecule has 6 nitrogen and oxygen atoms in total. The summed E-state index contributed by atoms with van der Waals surface area (Å²) in [6.07, 6.45) is -4.73. The summed E-state index contributed by atoms with van der Waals surface area (Å²) in [6.45, 7) is 1.30. The van der Waals surface area contributed by atoms with Gasteiger partial charge in [-0.25, -0.2) is 13.2 Å². The molecule has 4 aromatic rings. The lowest BCUT2D eigenvalue weighted by molar-refractivity contribution is -0.137. The van der Waals surface area contributed by atoms with Crippen molar-refractivity contribution in [2.24, 2.45) is 0 Å². The Morgan fingerprint density at radius 2 is 1.50 bits per heavy atom. The van der Waals surface area contributed by atoms with Crippen molar-refractivity contribution in [2.75, 3.05) is 11.4 Å². The first-order valence-electron chi connectivity index (χ1n) is 12.0. The van der Waals surface area contributed by atoms with Crippen molar-refractivity contribution in [1.82, 2.24) is 5.32 Å². The number of nitrogens with one attached hydrogen (secondary N) is 1. The first kappa shape index (κ1) is 27.5. The Hall–Kier alpha value is -4.02. The molecule has 1 aliphatic rings. The normalized spacial score (nSPS) is 17.5. The van der Waals surface area contributed by atoms with Crippen molar-refractivity contribution in [2.45, 2.75) is 22.9 Å². The lowest BCUT2D eigenvalue weighted by Gasteiger charge is -2.37. The van der Waals surface area contributed by atoms with Gasteiger partial charge in [0.1, 0.15) is 11.5 Å². The second kappa shape index (κ2) is 10.2. The molecule has 1 fully saturated rings. The SMILES string of the molecule is Cc1ccc(S(=O)(=O)C2(c3cccc(C(F)(F)F)c3)CNC(=O)N2c2ccc(Oc3ccc(Cl)cc3)cc2)cc1. The minimum atomic E-state index is -4.73. The monoisotopic (exact) mass is 586 g/mol. The maximum atomic E-state index is 14.3. The van der Waals surface area contributed by atoms with E-state index in [4.69, 9.17) is 16.3 Å². The van der Waals surface area contributed by atoms with Crippen LogP contribution in [0.5, 0.6) is 11.5 Å². The predicted molar refractivity (Wildman–Crippen MR) is 145 cm³/mol. The van der Waals surface area contributed by atoms with Crippen molar-refractivity contribution in [3.8, 4) is 11.5 Å². The van der Waals surface area contributed by atoms with Crippen LogP contribution in [-0.4, -0.2) is 21.0 Å². The number of hydrogen-bond donors (Lipinski definition) is 1. The summed E-state index contributed by atoms with van der Waals surface area (Å²) in [5, 5.41) is 3.08. The largest absolute Gasteiger partial charge is 0.457 e. The number of amides is 2. The number of aryl methyl sites for hydroxylation is 1. The summed E-state index contributed by atoms with van der Waals surface area (Å²) in [5.74, 6) is 0.882. The van der Waals surface area contributed by atoms with E-state index in [0.29, 0.717) is 16.5 Å². The quantitative estimate of drug-likeness (QED) is 0.257. The summed E-state index contributed by atoms with van der Waals surface area (Å²) < 4.78 is 75.6. The first-order valence-corrected chi connectivity index (χ1v) is 13.9. The molecule has 206 valence electrons. The van der Waals surface area contributed by atoms with E-state index >= 15 is 0 Å². The number of nitrogens with zero attached hydrogens (tertiary/aromatic N) is 1. The Bertz CT molecular complexity index is 1660. The van der Waals surface area contributed by atoms with Gasteiger partial charge in [-0.05, 0) is 85.3 Å². The van der Waals surface area contributed by atoms with Gasteiger partial charge in [0.25, 0.3) is 0 Å². The third-order valence-corrected chi connectivity index (χ3v) is 9.20. The van der Waals surface area contributed by atoms with E-state index in [1.54, 1.807) is 43.3 Å². The summed E-state index contributed by atoms with van der Waals surface area (Å²) in [6, 6.07) is 21.8. The number of hydrogen-bond acceptors (Lipinski definition) is 4. The van der Waals surface area contributed by atoms with Crippen LogP contribution in [0.4, 0.5) is 23.7 Å². The molecule has 0 spiro atoms. The molecule has 0 aromatic heterocycles. The number of halogens is 4. The van der Waals surface area contributed by atoms with Gasteiger partial charge >= 0.3 is 12.2 Å². The maximum Gasteiger partial charge on any atom is 0.416 e. The van der Waals surface area contributed by atoms with Crippen LogP contribution in [0.2, 0.25) is 5.02 Å². The summed E-state index contributed by atoms with van der Waals surface area (Å²) in [4.78, 5) is 11.9. The Balaban J connectivity index is 1.65. The van der Waals surface area contributed by atoms with Gasteiger partial charge in [0.05, 0.1) is 17.0 Å². The van der Waals surface area contributed by atoms with Crippen LogP contribution < -0.4 is 15.0 Å². The number of alkyl halides is 3. The van der Waals surface area contributed by atoms with E-state index < -0.39 is 39.0 Å². The zero-order valence-corrected chi connectivity index (χ0v) is 22.5. The molecule has 0 radical (unpaired) electrons. The van der Waals surface area contributed by atoms with Gasteiger partial charge in [0.15, 0.2) is 4.87 Å². The van der Waals surface area contributed by atoms with E-state index in [1.807, 2.05) is 0 Å². The zero-order valence-electron chi connectivity index (χ0n) is 20.9. The fourth-order valence-electron chi connectivity index (χ4n) is 4.60. The van der Waals surface area contributed by atoms with Gasteiger partial charge in [-0.2, -0.15) is 13.2 Å². The van der Waals surface area contributed by atoms with Crippen molar-refractivity contribution in [1.29, 1.82) is 0 Å². The van der Waals surface area contributed by atoms with Crippen LogP contribution in [0.15, 0.2) is 102 Å². The average molecular weight is 587 g/mol. The highest BCUT2D eigenvalue weighted by Crippen LogP contribution is 2.45. The van der Waals surface area contributed by atoms with Crippen molar-refractivity contribution in [3.05, 3.63) is 119 Å². The fraction of sp³-hybridized carbons (Fsp3) is 0.138. The molecule has 2 amide bonds. The van der Waals surface area contributed by atoms with Gasteiger partial charge in [-0.15, -0.1) is 0 Å². The van der Waals surface area contributed by atoms with Gasteiger partial charge in [0.2, 0.25) is 9.84 Å². The molecular formula is C29H22ClF3N2O4S. The molecule has 40 heavy (non-hydrogen) atoms. The third-order valence-electron chi connectivity index (χ3n) is 6.60. The van der Waals surface area contributed by atoms with Gasteiger partial charge in [0, 0.05) is 10.7 Å². The summed E-state index contributed by atoms with van der Waals surface area (Å²) in [7, 11) is -4.49. The molecule has 1 aliphatic heterocycles. The number of anilines is 1. The number of rotatable bonds is 6. The van der Waals surface area contributed by atoms with E-state index in [-0.39, 0.29) is 16.1 Å². The topological polar surface area (TPSA) is 75.7 Å². The molecule has 0 aliphatic carbocycles. The lowest BCUT2D eigenvalue weighted by Crippen LogP contribution is -2.51. The second-order valence-electron chi connectivity index (χ2n) is 9.22. The number of ether oxygens (including phenoxy) is 1. The van der Waals surface area contributed by atoms with Gasteiger partial charge in [-0.1, -0.05) is 41.4 Å². The van der Waals surface area contributed by atoms with Gasteiger partial charge in [-0.3, -0.25) is 4.90 Å². The fourth-order valence-corrected chi connectivity index (χ4v) is 6.74. The number of benzene rings is 4. The third kappa shape index (κ3) is 4.89. The molecule has 1 atom stereocenters. The first-order chi connectivity index (χ1) is 18.9. The smallest absolute Gasteiger partial charge is 0.416 e. The van der Waals surface area contributed by atoms with Crippen LogP contribution in [0, 0.1) is 6.92 Å². The Kier molecular flexibility index (Phi) is 7.01. The molecule has 0 saturated carbocycles. The Labute approximate surface area is 233 Å². The molecule has 0 bridgehead atoms. The standard InChI is InChI=1S/C29H22ClF3N2O4S/c1-19-5-15-26(16-6-19)40(37,38)28(20-3-2-4-21(17-20)29(31,32)33)18-34-27(36)35(28)23-9-13-25(14-10-23)39-24-11-7-22(30)8-12-24/h2-17H,18H2,1H3,(H,34,36). The highest BCUT2D eigenvalue weighted by Gasteiger charge is 2.58. The maximum absolute atomic E-state index is 14.3. The van der Waals surface area contributed by atoms with E-state index in [9.17, 15) is 26.4 Å². The van der Waals surface area contributed by atoms with Crippen molar-refractivity contribution >= 4 is 33.2 Å². The highest BCUT2D eigenvalue weighted by molar-refractivity contribution is 7.92.